The van der Waals surface area contributed by atoms with Gasteiger partial charge in [-0.15, -0.1) is 0 Å². The van der Waals surface area contributed by atoms with Crippen LogP contribution in [0.5, 0.6) is 0 Å². The zero-order valence-corrected chi connectivity index (χ0v) is 15.3. The van der Waals surface area contributed by atoms with E-state index in [2.05, 4.69) is 9.97 Å². The van der Waals surface area contributed by atoms with Gasteiger partial charge in [-0.1, -0.05) is 0 Å². The number of ketones is 2. The zero-order valence-electron chi connectivity index (χ0n) is 15.3. The SMILES string of the molecule is CN(C)[C@@H]1C(O)=C(C(N)=O)C(=O)[C@@]2(O)C(O)=C3C(=O)c4[nH]cnc4C[C@H]3C[C@@H]12. The molecule has 148 valence electrons. The Bertz CT molecular complexity index is 990. The molecule has 0 radical (unpaired) electrons. The maximum atomic E-state index is 13.0. The van der Waals surface area contributed by atoms with Crippen molar-refractivity contribution >= 4 is 17.5 Å². The summed E-state index contributed by atoms with van der Waals surface area (Å²) in [4.78, 5) is 46.0. The van der Waals surface area contributed by atoms with Crippen molar-refractivity contribution in [1.29, 1.82) is 0 Å². The number of aromatic amines is 1. The summed E-state index contributed by atoms with van der Waals surface area (Å²) in [5.41, 5.74) is 2.61. The number of allylic oxidation sites excluding steroid dienone is 1. The third-order valence-corrected chi connectivity index (χ3v) is 6.02. The molecule has 0 spiro atoms. The molecule has 1 heterocycles. The van der Waals surface area contributed by atoms with E-state index in [9.17, 15) is 29.7 Å². The Kier molecular flexibility index (Phi) is 3.78. The molecule has 0 aromatic carbocycles. The van der Waals surface area contributed by atoms with Crippen molar-refractivity contribution in [2.45, 2.75) is 24.5 Å². The number of carbonyl (C=O) groups excluding carboxylic acids is 3. The van der Waals surface area contributed by atoms with Crippen molar-refractivity contribution in [2.75, 3.05) is 14.1 Å². The molecule has 1 aromatic heterocycles. The highest BCUT2D eigenvalue weighted by atomic mass is 16.3. The molecule has 1 aromatic rings. The lowest BCUT2D eigenvalue weighted by atomic mass is 9.59. The first-order valence-corrected chi connectivity index (χ1v) is 8.77. The largest absolute Gasteiger partial charge is 0.510 e. The summed E-state index contributed by atoms with van der Waals surface area (Å²) in [5.74, 6) is -5.79. The number of H-pyrrole nitrogens is 1. The van der Waals surface area contributed by atoms with E-state index in [-0.39, 0.29) is 17.7 Å². The van der Waals surface area contributed by atoms with E-state index in [1.165, 1.54) is 11.2 Å². The zero-order chi connectivity index (χ0) is 20.5. The summed E-state index contributed by atoms with van der Waals surface area (Å²) >= 11 is 0. The first-order chi connectivity index (χ1) is 13.1. The standard InChI is InChI=1S/C18H20N4O6/c1-22(2)12-7-3-6-4-8-11(21-5-20-8)13(23)9(6)15(25)18(7,28)16(26)10(14(12)24)17(19)27/h5-7,12,24-25,28H,3-4H2,1-2H3,(H2,19,27)(H,20,21)/t6-,7+,12+,18+/m1/s1. The molecule has 0 saturated heterocycles. The van der Waals surface area contributed by atoms with Crippen molar-refractivity contribution in [1.82, 2.24) is 14.9 Å². The van der Waals surface area contributed by atoms with E-state index >= 15 is 0 Å². The topological polar surface area (TPSA) is 170 Å². The highest BCUT2D eigenvalue weighted by Crippen LogP contribution is 2.51. The molecule has 6 N–H and O–H groups in total. The number of fused-ring (bicyclic) bond motifs is 3. The Morgan fingerprint density at radius 3 is 2.64 bits per heavy atom. The number of nitrogens with one attached hydrogen (secondary N) is 1. The highest BCUT2D eigenvalue weighted by molar-refractivity contribution is 6.24. The number of Topliss-reactive ketones (excluding diaryl/α,β-unsaturated/α-hetero) is 2. The maximum Gasteiger partial charge on any atom is 0.255 e. The Morgan fingerprint density at radius 2 is 2.04 bits per heavy atom. The van der Waals surface area contributed by atoms with Gasteiger partial charge in [-0.25, -0.2) is 4.98 Å². The predicted molar refractivity (Wildman–Crippen MR) is 94.2 cm³/mol. The van der Waals surface area contributed by atoms with Crippen LogP contribution in [0.1, 0.15) is 22.6 Å². The van der Waals surface area contributed by atoms with Crippen LogP contribution in [-0.2, 0) is 16.0 Å². The van der Waals surface area contributed by atoms with Crippen LogP contribution in [0.25, 0.3) is 0 Å². The fraction of sp³-hybridized carbons (Fsp3) is 0.444. The number of aliphatic hydroxyl groups excluding tert-OH is 2. The van der Waals surface area contributed by atoms with Crippen molar-refractivity contribution in [3.63, 3.8) is 0 Å². The van der Waals surface area contributed by atoms with Crippen LogP contribution in [0.2, 0.25) is 0 Å². The van der Waals surface area contributed by atoms with Gasteiger partial charge in [-0.2, -0.15) is 0 Å². The summed E-state index contributed by atoms with van der Waals surface area (Å²) < 4.78 is 0. The lowest BCUT2D eigenvalue weighted by Gasteiger charge is -2.49. The van der Waals surface area contributed by atoms with Gasteiger partial charge in [0.1, 0.15) is 22.8 Å². The predicted octanol–water partition coefficient (Wildman–Crippen LogP) is -0.862. The number of nitrogens with two attached hydrogens (primary N) is 1. The molecule has 0 fully saturated rings. The number of aliphatic hydroxyl groups is 3. The Labute approximate surface area is 159 Å². The van der Waals surface area contributed by atoms with Gasteiger partial charge in [0, 0.05) is 11.5 Å². The number of likely N-dealkylation sites (N-methyl/N-ethyl adjacent to an activating group) is 1. The van der Waals surface area contributed by atoms with Crippen molar-refractivity contribution in [2.24, 2.45) is 17.6 Å². The number of primary amides is 1. The van der Waals surface area contributed by atoms with Gasteiger partial charge in [0.05, 0.1) is 18.1 Å². The molecule has 3 aliphatic rings. The molecule has 0 saturated carbocycles. The summed E-state index contributed by atoms with van der Waals surface area (Å²) in [6.45, 7) is 0. The van der Waals surface area contributed by atoms with Gasteiger partial charge >= 0.3 is 0 Å². The smallest absolute Gasteiger partial charge is 0.255 e. The van der Waals surface area contributed by atoms with Gasteiger partial charge in [0.2, 0.25) is 11.6 Å². The van der Waals surface area contributed by atoms with Crippen LogP contribution in [-0.4, -0.2) is 73.4 Å². The molecule has 10 nitrogen and oxygen atoms in total. The number of hydrogen-bond donors (Lipinski definition) is 5. The Hall–Kier alpha value is -2.98. The van der Waals surface area contributed by atoms with Crippen LogP contribution < -0.4 is 5.73 Å². The fourth-order valence-corrected chi connectivity index (χ4v) is 4.81. The number of rotatable bonds is 2. The molecule has 1 amide bonds. The molecule has 4 atom stereocenters. The minimum absolute atomic E-state index is 0.0773. The number of amides is 1. The summed E-state index contributed by atoms with van der Waals surface area (Å²) in [6.07, 6.45) is 1.82. The van der Waals surface area contributed by atoms with Crippen LogP contribution in [0.15, 0.2) is 29.0 Å². The minimum atomic E-state index is -2.54. The average Bonchev–Trinajstić information content (AvgIpc) is 3.06. The molecule has 0 bridgehead atoms. The van der Waals surface area contributed by atoms with Crippen molar-refractivity contribution in [3.8, 4) is 0 Å². The van der Waals surface area contributed by atoms with Crippen LogP contribution in [0, 0.1) is 11.8 Å². The Morgan fingerprint density at radius 1 is 1.36 bits per heavy atom. The van der Waals surface area contributed by atoms with E-state index in [1.807, 2.05) is 0 Å². The van der Waals surface area contributed by atoms with Gasteiger partial charge in [-0.05, 0) is 32.9 Å². The van der Waals surface area contributed by atoms with Crippen LogP contribution >= 0.6 is 0 Å². The molecule has 28 heavy (non-hydrogen) atoms. The first-order valence-electron chi connectivity index (χ1n) is 8.77. The van der Waals surface area contributed by atoms with E-state index < -0.39 is 58.0 Å². The second kappa shape index (κ2) is 5.76. The molecule has 10 heteroatoms. The maximum absolute atomic E-state index is 13.0. The summed E-state index contributed by atoms with van der Waals surface area (Å²) in [7, 11) is 3.20. The minimum Gasteiger partial charge on any atom is -0.510 e. The fourth-order valence-electron chi connectivity index (χ4n) is 4.81. The lowest BCUT2D eigenvalue weighted by Crippen LogP contribution is -2.63. The van der Waals surface area contributed by atoms with Crippen LogP contribution in [0.3, 0.4) is 0 Å². The Balaban J connectivity index is 1.96. The second-order valence-electron chi connectivity index (χ2n) is 7.69. The molecule has 4 rings (SSSR count). The molecule has 0 unspecified atom stereocenters. The molecular formula is C18H20N4O6. The van der Waals surface area contributed by atoms with E-state index in [0.29, 0.717) is 12.1 Å². The molecule has 3 aliphatic carbocycles. The summed E-state index contributed by atoms with van der Waals surface area (Å²) in [5, 5.41) is 32.8. The van der Waals surface area contributed by atoms with E-state index in [0.717, 1.165) is 0 Å². The second-order valence-corrected chi connectivity index (χ2v) is 7.69. The van der Waals surface area contributed by atoms with Gasteiger partial charge in [0.15, 0.2) is 5.60 Å². The average molecular weight is 388 g/mol. The third-order valence-electron chi connectivity index (χ3n) is 6.02. The molecule has 0 aliphatic heterocycles. The number of nitrogens with zero attached hydrogens (tertiary/aromatic N) is 2. The number of hydrogen-bond acceptors (Lipinski definition) is 8. The van der Waals surface area contributed by atoms with Gasteiger partial charge in [0.25, 0.3) is 5.91 Å². The lowest BCUT2D eigenvalue weighted by molar-refractivity contribution is -0.148. The normalized spacial score (nSPS) is 32.4. The van der Waals surface area contributed by atoms with Crippen LogP contribution in [0.4, 0.5) is 0 Å². The first kappa shape index (κ1) is 18.4. The quantitative estimate of drug-likeness (QED) is 0.407. The number of carbonyl (C=O) groups is 3. The van der Waals surface area contributed by atoms with Crippen molar-refractivity contribution in [3.05, 3.63) is 40.4 Å². The third kappa shape index (κ3) is 2.09. The number of aromatic nitrogens is 2. The number of imidazole rings is 1. The highest BCUT2D eigenvalue weighted by Gasteiger charge is 2.63. The van der Waals surface area contributed by atoms with Gasteiger partial charge < -0.3 is 26.0 Å². The van der Waals surface area contributed by atoms with Gasteiger partial charge in [-0.3, -0.25) is 19.3 Å². The van der Waals surface area contributed by atoms with Crippen molar-refractivity contribution < 1.29 is 29.7 Å². The van der Waals surface area contributed by atoms with E-state index in [4.69, 9.17) is 5.73 Å². The molecular weight excluding hydrogens is 368 g/mol. The summed E-state index contributed by atoms with van der Waals surface area (Å²) in [6, 6.07) is -0.954. The van der Waals surface area contributed by atoms with E-state index in [1.54, 1.807) is 14.1 Å². The monoisotopic (exact) mass is 388 g/mol.